The second-order valence-corrected chi connectivity index (χ2v) is 8.68. The van der Waals surface area contributed by atoms with Crippen LogP contribution in [0.4, 0.5) is 15.8 Å². The SMILES string of the molecule is CC1(C)Oc2cc(C(=O)Nc3ccccc3N)ccc2-c2nc(-c3c(F)cccc3Cl)[nH]c21. The molecular weight excluding hydrogens is 443 g/mol. The molecule has 8 heteroatoms. The fourth-order valence-electron chi connectivity index (χ4n) is 3.92. The predicted molar refractivity (Wildman–Crippen MR) is 127 cm³/mol. The lowest BCUT2D eigenvalue weighted by molar-refractivity contribution is 0.0985. The number of aromatic nitrogens is 2. The van der Waals surface area contributed by atoms with Crippen molar-refractivity contribution in [1.82, 2.24) is 9.97 Å². The normalized spacial score (nSPS) is 13.6. The lowest BCUT2D eigenvalue weighted by atomic mass is 9.94. The summed E-state index contributed by atoms with van der Waals surface area (Å²) in [6.07, 6.45) is 0. The molecule has 0 aliphatic carbocycles. The Balaban J connectivity index is 1.55. The summed E-state index contributed by atoms with van der Waals surface area (Å²) in [6.45, 7) is 3.74. The van der Waals surface area contributed by atoms with Crippen LogP contribution in [0.2, 0.25) is 5.02 Å². The lowest BCUT2D eigenvalue weighted by Crippen LogP contribution is -2.29. The lowest BCUT2D eigenvalue weighted by Gasteiger charge is -2.32. The summed E-state index contributed by atoms with van der Waals surface area (Å²) in [7, 11) is 0. The minimum atomic E-state index is -0.801. The van der Waals surface area contributed by atoms with Gasteiger partial charge in [0.1, 0.15) is 23.0 Å². The molecule has 4 aromatic rings. The van der Waals surface area contributed by atoms with E-state index in [1.807, 2.05) is 13.8 Å². The highest BCUT2D eigenvalue weighted by molar-refractivity contribution is 6.33. The predicted octanol–water partition coefficient (Wildman–Crippen LogP) is 6.00. The van der Waals surface area contributed by atoms with Crippen molar-refractivity contribution in [1.29, 1.82) is 0 Å². The summed E-state index contributed by atoms with van der Waals surface area (Å²) in [4.78, 5) is 20.7. The number of nitrogen functional groups attached to an aromatic ring is 1. The van der Waals surface area contributed by atoms with Gasteiger partial charge in [-0.2, -0.15) is 0 Å². The van der Waals surface area contributed by atoms with Crippen LogP contribution >= 0.6 is 11.6 Å². The van der Waals surface area contributed by atoms with Gasteiger partial charge in [-0.1, -0.05) is 29.8 Å². The number of benzene rings is 3. The van der Waals surface area contributed by atoms with E-state index >= 15 is 0 Å². The second kappa shape index (κ2) is 7.64. The van der Waals surface area contributed by atoms with Crippen LogP contribution in [0.5, 0.6) is 5.75 Å². The highest BCUT2D eigenvalue weighted by Crippen LogP contribution is 2.45. The molecule has 0 bridgehead atoms. The standard InChI is InChI=1S/C25H20ClFN4O2/c1-25(2)22-21(30-23(31-22)20-15(26)6-5-7-16(20)27)14-11-10-13(12-19(14)33-25)24(32)29-18-9-4-3-8-17(18)28/h3-12H,28H2,1-2H3,(H,29,32)(H,30,31). The average Bonchev–Trinajstić information content (AvgIpc) is 3.21. The molecule has 1 aliphatic heterocycles. The molecule has 6 nitrogen and oxygen atoms in total. The third-order valence-electron chi connectivity index (χ3n) is 5.58. The largest absolute Gasteiger partial charge is 0.481 e. The monoisotopic (exact) mass is 462 g/mol. The van der Waals surface area contributed by atoms with E-state index in [2.05, 4.69) is 15.3 Å². The molecule has 33 heavy (non-hydrogen) atoms. The maximum Gasteiger partial charge on any atom is 0.255 e. The molecule has 3 aromatic carbocycles. The van der Waals surface area contributed by atoms with Gasteiger partial charge in [-0.25, -0.2) is 9.37 Å². The number of nitrogens with two attached hydrogens (primary N) is 1. The number of H-pyrrole nitrogens is 1. The van der Waals surface area contributed by atoms with Crippen molar-refractivity contribution in [3.63, 3.8) is 0 Å². The fraction of sp³-hybridized carbons (Fsp3) is 0.120. The minimum absolute atomic E-state index is 0.197. The van der Waals surface area contributed by atoms with Crippen molar-refractivity contribution in [3.8, 4) is 28.4 Å². The molecule has 5 rings (SSSR count). The van der Waals surface area contributed by atoms with E-state index in [4.69, 9.17) is 22.1 Å². The van der Waals surface area contributed by atoms with Crippen LogP contribution in [0.15, 0.2) is 60.7 Å². The summed E-state index contributed by atoms with van der Waals surface area (Å²) in [6, 6.07) is 16.6. The maximum absolute atomic E-state index is 14.5. The number of imidazole rings is 1. The minimum Gasteiger partial charge on any atom is -0.481 e. The number of amides is 1. The Bertz CT molecular complexity index is 1390. The van der Waals surface area contributed by atoms with E-state index in [9.17, 15) is 9.18 Å². The zero-order valence-electron chi connectivity index (χ0n) is 17.9. The Kier molecular flexibility index (Phi) is 4.87. The van der Waals surface area contributed by atoms with Gasteiger partial charge < -0.3 is 20.8 Å². The van der Waals surface area contributed by atoms with Gasteiger partial charge >= 0.3 is 0 Å². The topological polar surface area (TPSA) is 93.0 Å². The number of fused-ring (bicyclic) bond motifs is 3. The molecule has 0 saturated heterocycles. The first-order valence-electron chi connectivity index (χ1n) is 10.3. The van der Waals surface area contributed by atoms with Gasteiger partial charge in [0.05, 0.1) is 33.3 Å². The molecule has 0 unspecified atom stereocenters. The number of hydrogen-bond donors (Lipinski definition) is 3. The molecule has 0 radical (unpaired) electrons. The van der Waals surface area contributed by atoms with Gasteiger partial charge in [-0.15, -0.1) is 0 Å². The number of nitrogens with zero attached hydrogens (tertiary/aromatic N) is 1. The number of ether oxygens (including phenoxy) is 1. The number of hydrogen-bond acceptors (Lipinski definition) is 4. The van der Waals surface area contributed by atoms with Crippen LogP contribution in [0.1, 0.15) is 29.9 Å². The third kappa shape index (κ3) is 3.60. The molecule has 0 fully saturated rings. The van der Waals surface area contributed by atoms with Crippen LogP contribution in [-0.2, 0) is 5.60 Å². The van der Waals surface area contributed by atoms with E-state index < -0.39 is 11.4 Å². The van der Waals surface area contributed by atoms with Crippen molar-refractivity contribution in [2.45, 2.75) is 19.4 Å². The van der Waals surface area contributed by atoms with Gasteiger partial charge in [-0.3, -0.25) is 4.79 Å². The molecule has 0 atom stereocenters. The third-order valence-corrected chi connectivity index (χ3v) is 5.89. The Labute approximate surface area is 194 Å². The van der Waals surface area contributed by atoms with Crippen molar-refractivity contribution in [2.75, 3.05) is 11.1 Å². The number of halogens is 2. The van der Waals surface area contributed by atoms with Crippen LogP contribution in [-0.4, -0.2) is 15.9 Å². The van der Waals surface area contributed by atoms with Crippen LogP contribution in [0.3, 0.4) is 0 Å². The highest BCUT2D eigenvalue weighted by atomic mass is 35.5. The van der Waals surface area contributed by atoms with E-state index in [0.717, 1.165) is 0 Å². The van der Waals surface area contributed by atoms with Gasteiger partial charge in [0.15, 0.2) is 0 Å². The van der Waals surface area contributed by atoms with Gasteiger partial charge in [0.25, 0.3) is 5.91 Å². The molecule has 2 heterocycles. The van der Waals surface area contributed by atoms with E-state index in [1.54, 1.807) is 54.6 Å². The summed E-state index contributed by atoms with van der Waals surface area (Å²) in [5.74, 6) is 0.0244. The molecule has 4 N–H and O–H groups in total. The number of aromatic amines is 1. The molecule has 1 aromatic heterocycles. The number of rotatable bonds is 3. The fourth-order valence-corrected chi connectivity index (χ4v) is 4.17. The number of carbonyl (C=O) groups excluding carboxylic acids is 1. The smallest absolute Gasteiger partial charge is 0.255 e. The molecule has 0 saturated carbocycles. The molecular formula is C25H20ClFN4O2. The summed E-state index contributed by atoms with van der Waals surface area (Å²) in [5.41, 5.74) is 8.74. The van der Waals surface area contributed by atoms with Crippen molar-refractivity contribution >= 4 is 28.9 Å². The Hall–Kier alpha value is -3.84. The molecule has 0 spiro atoms. The summed E-state index contributed by atoms with van der Waals surface area (Å²) >= 11 is 6.25. The Morgan fingerprint density at radius 2 is 1.94 bits per heavy atom. The van der Waals surface area contributed by atoms with Crippen LogP contribution in [0, 0.1) is 5.82 Å². The van der Waals surface area contributed by atoms with E-state index in [-0.39, 0.29) is 16.5 Å². The zero-order chi connectivity index (χ0) is 23.3. The van der Waals surface area contributed by atoms with Crippen LogP contribution < -0.4 is 15.8 Å². The quantitative estimate of drug-likeness (QED) is 0.325. The maximum atomic E-state index is 14.5. The average molecular weight is 463 g/mol. The second-order valence-electron chi connectivity index (χ2n) is 8.27. The zero-order valence-corrected chi connectivity index (χ0v) is 18.6. The van der Waals surface area contributed by atoms with Crippen molar-refractivity contribution in [3.05, 3.63) is 82.8 Å². The van der Waals surface area contributed by atoms with Crippen molar-refractivity contribution in [2.24, 2.45) is 0 Å². The number of para-hydroxylation sites is 2. The number of anilines is 2. The molecule has 166 valence electrons. The molecule has 1 aliphatic rings. The molecule has 1 amide bonds. The first kappa shape index (κ1) is 21.0. The van der Waals surface area contributed by atoms with Gasteiger partial charge in [0.2, 0.25) is 0 Å². The van der Waals surface area contributed by atoms with Crippen molar-refractivity contribution < 1.29 is 13.9 Å². The Morgan fingerprint density at radius 1 is 1.15 bits per heavy atom. The van der Waals surface area contributed by atoms with Gasteiger partial charge in [-0.05, 0) is 56.3 Å². The Morgan fingerprint density at radius 3 is 2.70 bits per heavy atom. The number of carbonyl (C=O) groups is 1. The van der Waals surface area contributed by atoms with Crippen LogP contribution in [0.25, 0.3) is 22.6 Å². The van der Waals surface area contributed by atoms with E-state index in [0.29, 0.717) is 45.5 Å². The summed E-state index contributed by atoms with van der Waals surface area (Å²) in [5, 5.41) is 3.07. The van der Waals surface area contributed by atoms with E-state index in [1.165, 1.54) is 6.07 Å². The number of nitrogens with one attached hydrogen (secondary N) is 2. The summed E-state index contributed by atoms with van der Waals surface area (Å²) < 4.78 is 20.7. The highest BCUT2D eigenvalue weighted by Gasteiger charge is 2.37. The first-order valence-corrected chi connectivity index (χ1v) is 10.7. The first-order chi connectivity index (χ1) is 15.7. The van der Waals surface area contributed by atoms with Gasteiger partial charge in [0, 0.05) is 11.1 Å².